The van der Waals surface area contributed by atoms with Crippen LogP contribution in [0.25, 0.3) is 0 Å². The standard InChI is InChI=1S/C18H26N2O2/c1-2-7-17(21)19-15-10-5-6-11-16(15)20-18(22)13-12-14-8-3-4-9-14/h5-6,10-11,14H,2-4,7-9,12-13H2,1H3,(H,19,21)(H,20,22). The van der Waals surface area contributed by atoms with E-state index in [-0.39, 0.29) is 11.8 Å². The first kappa shape index (κ1) is 16.5. The number of amides is 2. The van der Waals surface area contributed by atoms with Crippen molar-refractivity contribution < 1.29 is 9.59 Å². The van der Waals surface area contributed by atoms with Crippen LogP contribution in [0.3, 0.4) is 0 Å². The van der Waals surface area contributed by atoms with Crippen LogP contribution in [0.2, 0.25) is 0 Å². The first-order valence-corrected chi connectivity index (χ1v) is 8.37. The van der Waals surface area contributed by atoms with Crippen LogP contribution in [-0.2, 0) is 9.59 Å². The summed E-state index contributed by atoms with van der Waals surface area (Å²) in [4.78, 5) is 23.8. The van der Waals surface area contributed by atoms with E-state index in [2.05, 4.69) is 10.6 Å². The van der Waals surface area contributed by atoms with Gasteiger partial charge in [0.25, 0.3) is 0 Å². The minimum Gasteiger partial charge on any atom is -0.324 e. The normalized spacial score (nSPS) is 14.8. The van der Waals surface area contributed by atoms with E-state index in [9.17, 15) is 9.59 Å². The van der Waals surface area contributed by atoms with Crippen LogP contribution in [0, 0.1) is 5.92 Å². The molecule has 22 heavy (non-hydrogen) atoms. The summed E-state index contributed by atoms with van der Waals surface area (Å²) in [6.45, 7) is 1.97. The van der Waals surface area contributed by atoms with Crippen molar-refractivity contribution >= 4 is 23.2 Å². The van der Waals surface area contributed by atoms with Gasteiger partial charge < -0.3 is 10.6 Å². The summed E-state index contributed by atoms with van der Waals surface area (Å²) < 4.78 is 0. The van der Waals surface area contributed by atoms with Gasteiger partial charge in [-0.05, 0) is 30.9 Å². The van der Waals surface area contributed by atoms with Crippen molar-refractivity contribution in [2.45, 2.75) is 58.3 Å². The van der Waals surface area contributed by atoms with Crippen LogP contribution >= 0.6 is 0 Å². The van der Waals surface area contributed by atoms with Crippen molar-refractivity contribution in [3.05, 3.63) is 24.3 Å². The number of hydrogen-bond acceptors (Lipinski definition) is 2. The first-order chi connectivity index (χ1) is 10.7. The molecule has 2 rings (SSSR count). The fourth-order valence-electron chi connectivity index (χ4n) is 2.99. The van der Waals surface area contributed by atoms with Gasteiger partial charge in [-0.3, -0.25) is 9.59 Å². The van der Waals surface area contributed by atoms with Gasteiger partial charge in [0, 0.05) is 12.8 Å². The topological polar surface area (TPSA) is 58.2 Å². The van der Waals surface area contributed by atoms with E-state index >= 15 is 0 Å². The second-order valence-corrected chi connectivity index (χ2v) is 6.08. The van der Waals surface area contributed by atoms with Gasteiger partial charge in [0.2, 0.25) is 11.8 Å². The molecule has 4 nitrogen and oxygen atoms in total. The van der Waals surface area contributed by atoms with E-state index < -0.39 is 0 Å². The lowest BCUT2D eigenvalue weighted by molar-refractivity contribution is -0.117. The predicted octanol–water partition coefficient (Wildman–Crippen LogP) is 4.33. The number of nitrogens with one attached hydrogen (secondary N) is 2. The van der Waals surface area contributed by atoms with E-state index in [4.69, 9.17) is 0 Å². The number of benzene rings is 1. The number of rotatable bonds is 7. The Kier molecular flexibility index (Phi) is 6.44. The van der Waals surface area contributed by atoms with Crippen molar-refractivity contribution in [3.63, 3.8) is 0 Å². The molecule has 0 heterocycles. The molecule has 0 aromatic heterocycles. The zero-order valence-corrected chi connectivity index (χ0v) is 13.4. The largest absolute Gasteiger partial charge is 0.324 e. The third-order valence-corrected chi connectivity index (χ3v) is 4.21. The molecule has 0 bridgehead atoms. The van der Waals surface area contributed by atoms with Gasteiger partial charge in [0.15, 0.2) is 0 Å². The Balaban J connectivity index is 1.87. The molecule has 1 aromatic rings. The van der Waals surface area contributed by atoms with E-state index in [1.54, 1.807) is 0 Å². The van der Waals surface area contributed by atoms with Crippen LogP contribution in [-0.4, -0.2) is 11.8 Å². The Hall–Kier alpha value is -1.84. The average molecular weight is 302 g/mol. The summed E-state index contributed by atoms with van der Waals surface area (Å²) in [7, 11) is 0. The minimum absolute atomic E-state index is 0.0184. The molecule has 0 radical (unpaired) electrons. The van der Waals surface area contributed by atoms with Crippen LogP contribution < -0.4 is 10.6 Å². The maximum atomic E-state index is 12.1. The molecule has 1 fully saturated rings. The van der Waals surface area contributed by atoms with Gasteiger partial charge in [-0.1, -0.05) is 44.7 Å². The summed E-state index contributed by atoms with van der Waals surface area (Å²) in [6, 6.07) is 7.37. The third kappa shape index (κ3) is 5.17. The molecule has 0 unspecified atom stereocenters. The SMILES string of the molecule is CCCC(=O)Nc1ccccc1NC(=O)CCC1CCCC1. The molecule has 0 aliphatic heterocycles. The number of carbonyl (C=O) groups is 2. The maximum absolute atomic E-state index is 12.1. The molecule has 0 atom stereocenters. The maximum Gasteiger partial charge on any atom is 0.224 e. The van der Waals surface area contributed by atoms with E-state index in [0.29, 0.717) is 30.1 Å². The number of hydrogen-bond donors (Lipinski definition) is 2. The summed E-state index contributed by atoms with van der Waals surface area (Å²) in [5.74, 6) is 0.726. The highest BCUT2D eigenvalue weighted by Crippen LogP contribution is 2.29. The summed E-state index contributed by atoms with van der Waals surface area (Å²) in [5, 5.41) is 5.79. The number of para-hydroxylation sites is 2. The molecule has 120 valence electrons. The van der Waals surface area contributed by atoms with Gasteiger partial charge in [-0.15, -0.1) is 0 Å². The zero-order valence-electron chi connectivity index (χ0n) is 13.4. The van der Waals surface area contributed by atoms with Crippen LogP contribution in [0.15, 0.2) is 24.3 Å². The Labute approximate surface area is 132 Å². The second kappa shape index (κ2) is 8.57. The first-order valence-electron chi connectivity index (χ1n) is 8.37. The second-order valence-electron chi connectivity index (χ2n) is 6.08. The lowest BCUT2D eigenvalue weighted by atomic mass is 10.0. The van der Waals surface area contributed by atoms with Crippen LogP contribution in [0.4, 0.5) is 11.4 Å². The molecule has 1 aromatic carbocycles. The van der Waals surface area contributed by atoms with Crippen molar-refractivity contribution in [1.29, 1.82) is 0 Å². The Morgan fingerprint density at radius 1 is 1.00 bits per heavy atom. The minimum atomic E-state index is -0.0184. The summed E-state index contributed by atoms with van der Waals surface area (Å²) >= 11 is 0. The number of anilines is 2. The highest BCUT2D eigenvalue weighted by molar-refractivity contribution is 5.99. The van der Waals surface area contributed by atoms with Gasteiger partial charge in [-0.25, -0.2) is 0 Å². The van der Waals surface area contributed by atoms with Gasteiger partial charge in [-0.2, -0.15) is 0 Å². The van der Waals surface area contributed by atoms with Crippen LogP contribution in [0.5, 0.6) is 0 Å². The molecule has 2 amide bonds. The molecule has 2 N–H and O–H groups in total. The van der Waals surface area contributed by atoms with Crippen molar-refractivity contribution in [3.8, 4) is 0 Å². The number of carbonyl (C=O) groups excluding carboxylic acids is 2. The highest BCUT2D eigenvalue weighted by atomic mass is 16.2. The van der Waals surface area contributed by atoms with E-state index in [1.165, 1.54) is 25.7 Å². The lowest BCUT2D eigenvalue weighted by Gasteiger charge is -2.13. The quantitative estimate of drug-likeness (QED) is 0.787. The molecule has 0 spiro atoms. The summed E-state index contributed by atoms with van der Waals surface area (Å²) in [5.41, 5.74) is 1.36. The van der Waals surface area contributed by atoms with Gasteiger partial charge in [0.1, 0.15) is 0 Å². The molecule has 1 aliphatic carbocycles. The fraction of sp³-hybridized carbons (Fsp3) is 0.556. The molecular formula is C18H26N2O2. The Morgan fingerprint density at radius 2 is 1.55 bits per heavy atom. The van der Waals surface area contributed by atoms with Gasteiger partial charge in [0.05, 0.1) is 11.4 Å². The predicted molar refractivity (Wildman–Crippen MR) is 89.8 cm³/mol. The molecule has 0 saturated heterocycles. The monoisotopic (exact) mass is 302 g/mol. The third-order valence-electron chi connectivity index (χ3n) is 4.21. The summed E-state index contributed by atoms with van der Waals surface area (Å²) in [6.07, 6.45) is 7.95. The zero-order chi connectivity index (χ0) is 15.8. The highest BCUT2D eigenvalue weighted by Gasteiger charge is 2.16. The van der Waals surface area contributed by atoms with Crippen molar-refractivity contribution in [1.82, 2.24) is 0 Å². The van der Waals surface area contributed by atoms with E-state index in [1.807, 2.05) is 31.2 Å². The smallest absolute Gasteiger partial charge is 0.224 e. The van der Waals surface area contributed by atoms with Crippen LogP contribution in [0.1, 0.15) is 58.3 Å². The fourth-order valence-corrected chi connectivity index (χ4v) is 2.99. The average Bonchev–Trinajstić information content (AvgIpc) is 3.01. The molecule has 1 aliphatic rings. The lowest BCUT2D eigenvalue weighted by Crippen LogP contribution is -2.16. The van der Waals surface area contributed by atoms with Gasteiger partial charge >= 0.3 is 0 Å². The molecule has 1 saturated carbocycles. The van der Waals surface area contributed by atoms with Crippen molar-refractivity contribution in [2.24, 2.45) is 5.92 Å². The molecular weight excluding hydrogens is 276 g/mol. The Bertz CT molecular complexity index is 508. The molecule has 4 heteroatoms. The van der Waals surface area contributed by atoms with E-state index in [0.717, 1.165) is 12.8 Å². The van der Waals surface area contributed by atoms with Crippen molar-refractivity contribution in [2.75, 3.05) is 10.6 Å². The Morgan fingerprint density at radius 3 is 2.09 bits per heavy atom.